The molecule has 2 aromatic rings. The number of hydrogen-bond acceptors (Lipinski definition) is 5. The van der Waals surface area contributed by atoms with Gasteiger partial charge in [0.15, 0.2) is 0 Å². The van der Waals surface area contributed by atoms with Gasteiger partial charge in [0, 0.05) is 19.2 Å². The number of methoxy groups -OCH3 is 1. The minimum Gasteiger partial charge on any atom is -0.497 e. The van der Waals surface area contributed by atoms with Gasteiger partial charge in [-0.1, -0.05) is 12.1 Å². The Morgan fingerprint density at radius 2 is 1.79 bits per heavy atom. The van der Waals surface area contributed by atoms with Gasteiger partial charge in [-0.05, 0) is 61.7 Å². The maximum atomic E-state index is 13.3. The van der Waals surface area contributed by atoms with Crippen molar-refractivity contribution in [1.82, 2.24) is 4.31 Å². The van der Waals surface area contributed by atoms with Gasteiger partial charge in [0.05, 0.1) is 18.0 Å². The molecule has 7 nitrogen and oxygen atoms in total. The summed E-state index contributed by atoms with van der Waals surface area (Å²) in [6.07, 6.45) is 1.22. The molecular formula is C21H26N2O5S. The van der Waals surface area contributed by atoms with Gasteiger partial charge in [-0.15, -0.1) is 0 Å². The van der Waals surface area contributed by atoms with E-state index in [-0.39, 0.29) is 10.8 Å². The lowest BCUT2D eigenvalue weighted by atomic mass is 9.87. The standard InChI is InChI=1S/C21H26N2O5S/c1-15(24)22-17-8-12-19(13-9-17)29(26,27)23-14-4-5-20(23)21(2,25)16-6-10-18(28-3)11-7-16/h6-13,20,25H,4-5,14H2,1-3H3,(H,22,24)/t20-,21-/m1/s1. The zero-order valence-electron chi connectivity index (χ0n) is 16.8. The van der Waals surface area contributed by atoms with Crippen molar-refractivity contribution < 1.29 is 23.1 Å². The molecule has 0 radical (unpaired) electrons. The van der Waals surface area contributed by atoms with E-state index in [1.165, 1.54) is 23.4 Å². The number of carbonyl (C=O) groups is 1. The van der Waals surface area contributed by atoms with Crippen LogP contribution in [0, 0.1) is 0 Å². The first kappa shape index (κ1) is 21.3. The third-order valence-electron chi connectivity index (χ3n) is 5.31. The predicted octanol–water partition coefficient (Wildman–Crippen LogP) is 2.71. The largest absolute Gasteiger partial charge is 0.497 e. The Morgan fingerprint density at radius 1 is 1.17 bits per heavy atom. The second kappa shape index (κ2) is 8.14. The van der Waals surface area contributed by atoms with Crippen molar-refractivity contribution in [1.29, 1.82) is 0 Å². The number of nitrogens with zero attached hydrogens (tertiary/aromatic N) is 1. The summed E-state index contributed by atoms with van der Waals surface area (Å²) in [6.45, 7) is 3.38. The lowest BCUT2D eigenvalue weighted by molar-refractivity contribution is -0.114. The zero-order chi connectivity index (χ0) is 21.2. The first-order valence-electron chi connectivity index (χ1n) is 9.42. The Labute approximate surface area is 171 Å². The highest BCUT2D eigenvalue weighted by Gasteiger charge is 2.45. The summed E-state index contributed by atoms with van der Waals surface area (Å²) in [5, 5.41) is 13.9. The number of ether oxygens (including phenoxy) is 1. The number of aliphatic hydroxyl groups is 1. The lowest BCUT2D eigenvalue weighted by Gasteiger charge is -2.36. The molecular weight excluding hydrogens is 392 g/mol. The van der Waals surface area contributed by atoms with E-state index in [9.17, 15) is 18.3 Å². The molecule has 0 aliphatic carbocycles. The zero-order valence-corrected chi connectivity index (χ0v) is 17.6. The van der Waals surface area contributed by atoms with Crippen LogP contribution in [-0.4, -0.2) is 43.4 Å². The van der Waals surface area contributed by atoms with Crippen LogP contribution in [0.25, 0.3) is 0 Å². The third-order valence-corrected chi connectivity index (χ3v) is 7.23. The fourth-order valence-electron chi connectivity index (χ4n) is 3.76. The molecule has 1 amide bonds. The van der Waals surface area contributed by atoms with Crippen LogP contribution in [0.1, 0.15) is 32.3 Å². The monoisotopic (exact) mass is 418 g/mol. The molecule has 2 aromatic carbocycles. The number of rotatable bonds is 6. The second-order valence-electron chi connectivity index (χ2n) is 7.36. The van der Waals surface area contributed by atoms with Gasteiger partial charge in [0.1, 0.15) is 11.4 Å². The molecule has 0 aromatic heterocycles. The first-order valence-corrected chi connectivity index (χ1v) is 10.9. The van der Waals surface area contributed by atoms with Crippen molar-refractivity contribution in [3.05, 3.63) is 54.1 Å². The predicted molar refractivity (Wildman–Crippen MR) is 110 cm³/mol. The molecule has 2 N–H and O–H groups in total. The van der Waals surface area contributed by atoms with Crippen molar-refractivity contribution in [2.24, 2.45) is 0 Å². The Morgan fingerprint density at radius 3 is 2.34 bits per heavy atom. The molecule has 1 heterocycles. The van der Waals surface area contributed by atoms with E-state index >= 15 is 0 Å². The van der Waals surface area contributed by atoms with Crippen LogP contribution in [0.2, 0.25) is 0 Å². The first-order chi connectivity index (χ1) is 13.7. The second-order valence-corrected chi connectivity index (χ2v) is 9.25. The summed E-state index contributed by atoms with van der Waals surface area (Å²) in [5.41, 5.74) is -0.197. The van der Waals surface area contributed by atoms with Crippen molar-refractivity contribution in [3.63, 3.8) is 0 Å². The highest BCUT2D eigenvalue weighted by molar-refractivity contribution is 7.89. The van der Waals surface area contributed by atoms with Gasteiger partial charge in [-0.25, -0.2) is 8.42 Å². The Hall–Kier alpha value is -2.42. The Kier molecular flexibility index (Phi) is 5.97. The van der Waals surface area contributed by atoms with E-state index in [0.717, 1.165) is 0 Å². The Bertz CT molecular complexity index is 969. The van der Waals surface area contributed by atoms with Crippen LogP contribution >= 0.6 is 0 Å². The summed E-state index contributed by atoms with van der Waals surface area (Å²) in [6, 6.07) is 12.5. The third kappa shape index (κ3) is 4.29. The number of amides is 1. The molecule has 1 saturated heterocycles. The maximum absolute atomic E-state index is 13.3. The quantitative estimate of drug-likeness (QED) is 0.752. The Balaban J connectivity index is 1.89. The molecule has 0 spiro atoms. The molecule has 0 bridgehead atoms. The van der Waals surface area contributed by atoms with Gasteiger partial charge in [-0.3, -0.25) is 4.79 Å². The van der Waals surface area contributed by atoms with Crippen LogP contribution in [0.4, 0.5) is 5.69 Å². The maximum Gasteiger partial charge on any atom is 0.243 e. The van der Waals surface area contributed by atoms with E-state index in [4.69, 9.17) is 4.74 Å². The molecule has 0 saturated carbocycles. The summed E-state index contributed by atoms with van der Waals surface area (Å²) in [7, 11) is -2.24. The normalized spacial score (nSPS) is 19.5. The van der Waals surface area contributed by atoms with Crippen molar-refractivity contribution in [3.8, 4) is 5.75 Å². The number of hydrogen-bond donors (Lipinski definition) is 2. The van der Waals surface area contributed by atoms with E-state index in [1.807, 2.05) is 0 Å². The molecule has 8 heteroatoms. The van der Waals surface area contributed by atoms with E-state index < -0.39 is 21.7 Å². The molecule has 156 valence electrons. The van der Waals surface area contributed by atoms with Crippen LogP contribution in [0.15, 0.2) is 53.4 Å². The fourth-order valence-corrected chi connectivity index (χ4v) is 5.53. The molecule has 3 rings (SSSR count). The van der Waals surface area contributed by atoms with Gasteiger partial charge >= 0.3 is 0 Å². The van der Waals surface area contributed by atoms with Crippen LogP contribution < -0.4 is 10.1 Å². The number of anilines is 1. The lowest BCUT2D eigenvalue weighted by Crippen LogP contribution is -2.48. The molecule has 29 heavy (non-hydrogen) atoms. The number of benzene rings is 2. The molecule has 1 aliphatic heterocycles. The van der Waals surface area contributed by atoms with Gasteiger partial charge in [0.25, 0.3) is 0 Å². The molecule has 0 unspecified atom stereocenters. The van der Waals surface area contributed by atoms with Crippen LogP contribution in [0.3, 0.4) is 0 Å². The minimum atomic E-state index is -3.80. The highest BCUT2D eigenvalue weighted by atomic mass is 32.2. The topological polar surface area (TPSA) is 95.9 Å². The smallest absolute Gasteiger partial charge is 0.243 e. The van der Waals surface area contributed by atoms with E-state index in [0.29, 0.717) is 36.4 Å². The molecule has 2 atom stereocenters. The average Bonchev–Trinajstić information content (AvgIpc) is 3.20. The number of nitrogens with one attached hydrogen (secondary N) is 1. The summed E-state index contributed by atoms with van der Waals surface area (Å²) < 4.78 is 33.1. The summed E-state index contributed by atoms with van der Waals surface area (Å²) >= 11 is 0. The van der Waals surface area contributed by atoms with Crippen LogP contribution in [-0.2, 0) is 20.4 Å². The van der Waals surface area contributed by atoms with E-state index in [2.05, 4.69) is 5.32 Å². The van der Waals surface area contributed by atoms with Gasteiger partial charge in [-0.2, -0.15) is 4.31 Å². The minimum absolute atomic E-state index is 0.129. The van der Waals surface area contributed by atoms with Gasteiger partial charge < -0.3 is 15.2 Å². The average molecular weight is 419 g/mol. The van der Waals surface area contributed by atoms with Crippen molar-refractivity contribution >= 4 is 21.6 Å². The fraction of sp³-hybridized carbons (Fsp3) is 0.381. The van der Waals surface area contributed by atoms with Gasteiger partial charge in [0.2, 0.25) is 15.9 Å². The highest BCUT2D eigenvalue weighted by Crippen LogP contribution is 2.38. The van der Waals surface area contributed by atoms with Crippen molar-refractivity contribution in [2.75, 3.05) is 19.0 Å². The van der Waals surface area contributed by atoms with Crippen LogP contribution in [0.5, 0.6) is 5.75 Å². The van der Waals surface area contributed by atoms with Crippen molar-refractivity contribution in [2.45, 2.75) is 43.2 Å². The summed E-state index contributed by atoms with van der Waals surface area (Å²) in [5.74, 6) is 0.440. The van der Waals surface area contributed by atoms with E-state index in [1.54, 1.807) is 50.4 Å². The number of sulfonamides is 1. The molecule has 1 aliphatic rings. The molecule has 1 fully saturated rings. The SMILES string of the molecule is COc1ccc([C@@](C)(O)[C@H]2CCCN2S(=O)(=O)c2ccc(NC(C)=O)cc2)cc1. The summed E-state index contributed by atoms with van der Waals surface area (Å²) in [4.78, 5) is 11.3. The number of carbonyl (C=O) groups excluding carboxylic acids is 1.